The third kappa shape index (κ3) is 8.05. The summed E-state index contributed by atoms with van der Waals surface area (Å²) in [5, 5.41) is 6.02. The zero-order chi connectivity index (χ0) is 21.7. The maximum atomic E-state index is 12.2. The summed E-state index contributed by atoms with van der Waals surface area (Å²) in [5.74, 6) is 1.48. The topological polar surface area (TPSA) is 59.6 Å². The first-order valence-corrected chi connectivity index (χ1v) is 10.8. The highest BCUT2D eigenvalue weighted by Gasteiger charge is 2.04. The number of carbonyl (C=O) groups is 1. The van der Waals surface area contributed by atoms with Crippen LogP contribution in [0.2, 0.25) is 0 Å². The molecule has 0 atom stereocenters. The van der Waals surface area contributed by atoms with Crippen molar-refractivity contribution in [1.29, 1.82) is 0 Å². The van der Waals surface area contributed by atoms with Crippen LogP contribution in [-0.2, 0) is 11.2 Å². The van der Waals surface area contributed by atoms with E-state index in [1.54, 1.807) is 0 Å². The van der Waals surface area contributed by atoms with E-state index in [1.165, 1.54) is 5.56 Å². The third-order valence-corrected chi connectivity index (χ3v) is 4.62. The first kappa shape index (κ1) is 22.2. The Balaban J connectivity index is 1.39. The molecule has 3 aromatic carbocycles. The number of hydrogen-bond acceptors (Lipinski definition) is 4. The first-order chi connectivity index (χ1) is 15.2. The zero-order valence-electron chi connectivity index (χ0n) is 18.0. The molecule has 0 aliphatic carbocycles. The Morgan fingerprint density at radius 1 is 0.806 bits per heavy atom. The Kier molecular flexibility index (Phi) is 8.80. The number of benzene rings is 3. The Morgan fingerprint density at radius 3 is 2.35 bits per heavy atom. The number of ether oxygens (including phenoxy) is 2. The van der Waals surface area contributed by atoms with E-state index in [0.29, 0.717) is 13.2 Å². The van der Waals surface area contributed by atoms with Gasteiger partial charge in [0.15, 0.2) is 0 Å². The van der Waals surface area contributed by atoms with Crippen LogP contribution in [0.3, 0.4) is 0 Å². The number of amides is 1. The van der Waals surface area contributed by atoms with Gasteiger partial charge in [-0.05, 0) is 61.2 Å². The second-order valence-electron chi connectivity index (χ2n) is 7.24. The van der Waals surface area contributed by atoms with Gasteiger partial charge in [0.25, 0.3) is 0 Å². The van der Waals surface area contributed by atoms with Gasteiger partial charge in [-0.2, -0.15) is 0 Å². The Morgan fingerprint density at radius 2 is 1.58 bits per heavy atom. The predicted octanol–water partition coefficient (Wildman–Crippen LogP) is 5.54. The normalized spacial score (nSPS) is 10.4. The van der Waals surface area contributed by atoms with Crippen LogP contribution in [0.5, 0.6) is 11.5 Å². The fourth-order valence-corrected chi connectivity index (χ4v) is 3.05. The smallest absolute Gasteiger partial charge is 0.243 e. The van der Waals surface area contributed by atoms with Crippen LogP contribution >= 0.6 is 0 Å². The van der Waals surface area contributed by atoms with Crippen LogP contribution < -0.4 is 20.1 Å². The quantitative estimate of drug-likeness (QED) is 0.379. The van der Waals surface area contributed by atoms with Crippen molar-refractivity contribution in [3.63, 3.8) is 0 Å². The van der Waals surface area contributed by atoms with Gasteiger partial charge in [-0.1, -0.05) is 43.3 Å². The molecule has 3 aromatic rings. The SMILES string of the molecule is CCCOc1ccc(NC(=O)CNc2cccc(OCCCc3ccccc3)c2)cc1. The van der Waals surface area contributed by atoms with E-state index in [1.807, 2.05) is 54.6 Å². The highest BCUT2D eigenvalue weighted by Crippen LogP contribution is 2.18. The minimum absolute atomic E-state index is 0.114. The molecule has 0 fully saturated rings. The molecular formula is C26H30N2O3. The maximum absolute atomic E-state index is 12.2. The molecule has 2 N–H and O–H groups in total. The second-order valence-corrected chi connectivity index (χ2v) is 7.24. The molecule has 0 aliphatic heterocycles. The highest BCUT2D eigenvalue weighted by atomic mass is 16.5. The monoisotopic (exact) mass is 418 g/mol. The van der Waals surface area contributed by atoms with Gasteiger partial charge in [-0.15, -0.1) is 0 Å². The van der Waals surface area contributed by atoms with Gasteiger partial charge in [-0.3, -0.25) is 4.79 Å². The molecule has 0 heterocycles. The van der Waals surface area contributed by atoms with Crippen LogP contribution in [0.25, 0.3) is 0 Å². The summed E-state index contributed by atoms with van der Waals surface area (Å²) in [6, 6.07) is 25.5. The molecule has 0 aromatic heterocycles. The van der Waals surface area contributed by atoms with Gasteiger partial charge in [0.05, 0.1) is 19.8 Å². The van der Waals surface area contributed by atoms with E-state index in [9.17, 15) is 4.79 Å². The maximum Gasteiger partial charge on any atom is 0.243 e. The molecule has 31 heavy (non-hydrogen) atoms. The van der Waals surface area contributed by atoms with Crippen molar-refractivity contribution in [2.75, 3.05) is 30.4 Å². The molecule has 0 spiro atoms. The van der Waals surface area contributed by atoms with Crippen LogP contribution in [0.4, 0.5) is 11.4 Å². The van der Waals surface area contributed by atoms with Crippen molar-refractivity contribution < 1.29 is 14.3 Å². The number of hydrogen-bond donors (Lipinski definition) is 2. The molecule has 1 amide bonds. The highest BCUT2D eigenvalue weighted by molar-refractivity contribution is 5.93. The minimum atomic E-state index is -0.114. The molecule has 0 radical (unpaired) electrons. The van der Waals surface area contributed by atoms with Gasteiger partial charge >= 0.3 is 0 Å². The van der Waals surface area contributed by atoms with Crippen molar-refractivity contribution in [1.82, 2.24) is 0 Å². The number of rotatable bonds is 12. The molecule has 5 heteroatoms. The van der Waals surface area contributed by atoms with Crippen molar-refractivity contribution in [2.45, 2.75) is 26.2 Å². The Hall–Kier alpha value is -3.47. The van der Waals surface area contributed by atoms with Crippen LogP contribution in [0.1, 0.15) is 25.3 Å². The predicted molar refractivity (Wildman–Crippen MR) is 126 cm³/mol. The second kappa shape index (κ2) is 12.3. The summed E-state index contributed by atoms with van der Waals surface area (Å²) in [6.07, 6.45) is 2.90. The summed E-state index contributed by atoms with van der Waals surface area (Å²) < 4.78 is 11.4. The molecule has 0 bridgehead atoms. The van der Waals surface area contributed by atoms with Crippen molar-refractivity contribution in [2.24, 2.45) is 0 Å². The first-order valence-electron chi connectivity index (χ1n) is 10.8. The average molecular weight is 419 g/mol. The van der Waals surface area contributed by atoms with Crippen LogP contribution in [0.15, 0.2) is 78.9 Å². The summed E-state index contributed by atoms with van der Waals surface area (Å²) in [7, 11) is 0. The third-order valence-electron chi connectivity index (χ3n) is 4.62. The lowest BCUT2D eigenvalue weighted by atomic mass is 10.1. The van der Waals surface area contributed by atoms with Gasteiger partial charge in [-0.25, -0.2) is 0 Å². The fourth-order valence-electron chi connectivity index (χ4n) is 3.05. The van der Waals surface area contributed by atoms with E-state index in [2.05, 4.69) is 41.8 Å². The standard InChI is InChI=1S/C26H30N2O3/c1-2-17-30-24-15-13-22(14-16-24)28-26(29)20-27-23-11-6-12-25(19-23)31-18-7-10-21-8-4-3-5-9-21/h3-6,8-9,11-16,19,27H,2,7,10,17-18,20H2,1H3,(H,28,29). The summed E-state index contributed by atoms with van der Waals surface area (Å²) >= 11 is 0. The Labute approximate surface area is 184 Å². The van der Waals surface area contributed by atoms with Gasteiger partial charge in [0, 0.05) is 17.4 Å². The summed E-state index contributed by atoms with van der Waals surface area (Å²) in [4.78, 5) is 12.2. The molecule has 3 rings (SSSR count). The minimum Gasteiger partial charge on any atom is -0.494 e. The van der Waals surface area contributed by atoms with E-state index in [-0.39, 0.29) is 12.5 Å². The number of nitrogens with one attached hydrogen (secondary N) is 2. The summed E-state index contributed by atoms with van der Waals surface area (Å²) in [6.45, 7) is 3.57. The fraction of sp³-hybridized carbons (Fsp3) is 0.269. The van der Waals surface area contributed by atoms with Crippen molar-refractivity contribution in [3.8, 4) is 11.5 Å². The van der Waals surface area contributed by atoms with E-state index >= 15 is 0 Å². The van der Waals surface area contributed by atoms with Gasteiger partial charge < -0.3 is 20.1 Å². The molecular weight excluding hydrogens is 388 g/mol. The lowest BCUT2D eigenvalue weighted by molar-refractivity contribution is -0.114. The summed E-state index contributed by atoms with van der Waals surface area (Å²) in [5.41, 5.74) is 2.90. The van der Waals surface area contributed by atoms with Crippen molar-refractivity contribution >= 4 is 17.3 Å². The zero-order valence-corrected chi connectivity index (χ0v) is 18.0. The van der Waals surface area contributed by atoms with Crippen molar-refractivity contribution in [3.05, 3.63) is 84.4 Å². The lowest BCUT2D eigenvalue weighted by Crippen LogP contribution is -2.21. The molecule has 0 saturated heterocycles. The van der Waals surface area contributed by atoms with Crippen LogP contribution in [0, 0.1) is 0 Å². The lowest BCUT2D eigenvalue weighted by Gasteiger charge is -2.11. The van der Waals surface area contributed by atoms with E-state index in [4.69, 9.17) is 9.47 Å². The largest absolute Gasteiger partial charge is 0.494 e. The molecule has 0 aliphatic rings. The molecule has 0 unspecified atom stereocenters. The number of anilines is 2. The van der Waals surface area contributed by atoms with Gasteiger partial charge in [0.2, 0.25) is 5.91 Å². The van der Waals surface area contributed by atoms with Gasteiger partial charge in [0.1, 0.15) is 11.5 Å². The number of aryl methyl sites for hydroxylation is 1. The molecule has 5 nitrogen and oxygen atoms in total. The average Bonchev–Trinajstić information content (AvgIpc) is 2.81. The van der Waals surface area contributed by atoms with E-state index in [0.717, 1.165) is 42.1 Å². The van der Waals surface area contributed by atoms with E-state index < -0.39 is 0 Å². The molecule has 162 valence electrons. The number of carbonyl (C=O) groups excluding carboxylic acids is 1. The Bertz CT molecular complexity index is 927. The van der Waals surface area contributed by atoms with Crippen LogP contribution in [-0.4, -0.2) is 25.7 Å². The molecule has 0 saturated carbocycles.